The van der Waals surface area contributed by atoms with Gasteiger partial charge in [-0.05, 0) is 32.7 Å². The van der Waals surface area contributed by atoms with Crippen LogP contribution >= 0.6 is 0 Å². The number of nitrogens with two attached hydrogens (primary N) is 1. The molecule has 15 heavy (non-hydrogen) atoms. The van der Waals surface area contributed by atoms with Crippen molar-refractivity contribution in [1.82, 2.24) is 5.32 Å². The first-order valence-corrected chi connectivity index (χ1v) is 6.20. The summed E-state index contributed by atoms with van der Waals surface area (Å²) < 4.78 is 0. The van der Waals surface area contributed by atoms with Crippen molar-refractivity contribution >= 4 is 5.91 Å². The minimum absolute atomic E-state index is 0.190. The van der Waals surface area contributed by atoms with Crippen molar-refractivity contribution in [3.63, 3.8) is 0 Å². The van der Waals surface area contributed by atoms with E-state index in [9.17, 15) is 4.79 Å². The van der Waals surface area contributed by atoms with Crippen molar-refractivity contribution in [3.05, 3.63) is 0 Å². The zero-order valence-corrected chi connectivity index (χ0v) is 10.2. The minimum atomic E-state index is 0.190. The Bertz CT molecular complexity index is 160. The molecule has 0 bridgehead atoms. The number of hydrogen-bond acceptors (Lipinski definition) is 2. The van der Waals surface area contributed by atoms with Crippen LogP contribution in [-0.2, 0) is 4.79 Å². The van der Waals surface area contributed by atoms with Crippen LogP contribution in [0.2, 0.25) is 0 Å². The van der Waals surface area contributed by atoms with Gasteiger partial charge in [0.25, 0.3) is 0 Å². The molecule has 3 heteroatoms. The van der Waals surface area contributed by atoms with Gasteiger partial charge < -0.3 is 11.1 Å². The average molecular weight is 214 g/mol. The summed E-state index contributed by atoms with van der Waals surface area (Å²) in [5.74, 6) is 0.190. The molecular formula is C12H26N2O. The third-order valence-electron chi connectivity index (χ3n) is 2.51. The van der Waals surface area contributed by atoms with Crippen LogP contribution in [0.4, 0.5) is 0 Å². The van der Waals surface area contributed by atoms with Crippen LogP contribution in [0.1, 0.15) is 58.8 Å². The molecule has 90 valence electrons. The molecule has 1 amide bonds. The fraction of sp³-hybridized carbons (Fsp3) is 0.917. The first-order chi connectivity index (χ1) is 7.20. The quantitative estimate of drug-likeness (QED) is 0.578. The number of amides is 1. The van der Waals surface area contributed by atoms with E-state index in [0.29, 0.717) is 13.0 Å². The lowest BCUT2D eigenvalue weighted by molar-refractivity contribution is -0.121. The molecule has 3 N–H and O–H groups in total. The van der Waals surface area contributed by atoms with Gasteiger partial charge in [-0.3, -0.25) is 4.79 Å². The van der Waals surface area contributed by atoms with E-state index >= 15 is 0 Å². The van der Waals surface area contributed by atoms with E-state index in [2.05, 4.69) is 12.2 Å². The normalized spacial score (nSPS) is 12.5. The number of carbonyl (C=O) groups excluding carboxylic acids is 1. The zero-order valence-electron chi connectivity index (χ0n) is 10.2. The van der Waals surface area contributed by atoms with Crippen LogP contribution in [0.5, 0.6) is 0 Å². The highest BCUT2D eigenvalue weighted by molar-refractivity contribution is 5.76. The molecular weight excluding hydrogens is 188 g/mol. The van der Waals surface area contributed by atoms with Crippen molar-refractivity contribution in [2.75, 3.05) is 6.54 Å². The average Bonchev–Trinajstić information content (AvgIpc) is 2.21. The third-order valence-corrected chi connectivity index (χ3v) is 2.51. The molecule has 0 aromatic heterocycles. The Kier molecular flexibility index (Phi) is 9.59. The van der Waals surface area contributed by atoms with E-state index in [1.54, 1.807) is 0 Å². The highest BCUT2D eigenvalue weighted by Crippen LogP contribution is 2.03. The molecule has 0 aliphatic carbocycles. The topological polar surface area (TPSA) is 55.1 Å². The molecule has 1 unspecified atom stereocenters. The van der Waals surface area contributed by atoms with E-state index in [1.807, 2.05) is 6.92 Å². The van der Waals surface area contributed by atoms with Crippen LogP contribution in [0.3, 0.4) is 0 Å². The second-order valence-electron chi connectivity index (χ2n) is 4.21. The van der Waals surface area contributed by atoms with Crippen molar-refractivity contribution in [2.45, 2.75) is 64.8 Å². The Labute approximate surface area is 93.8 Å². The Hall–Kier alpha value is -0.570. The number of unbranched alkanes of at least 4 members (excludes halogenated alkanes) is 3. The van der Waals surface area contributed by atoms with E-state index in [0.717, 1.165) is 19.3 Å². The molecule has 0 saturated heterocycles. The predicted molar refractivity (Wildman–Crippen MR) is 64.7 cm³/mol. The minimum Gasteiger partial charge on any atom is -0.354 e. The number of nitrogens with one attached hydrogen (secondary N) is 1. The van der Waals surface area contributed by atoms with Gasteiger partial charge >= 0.3 is 0 Å². The van der Waals surface area contributed by atoms with Crippen LogP contribution in [-0.4, -0.2) is 18.5 Å². The van der Waals surface area contributed by atoms with Gasteiger partial charge in [0.1, 0.15) is 0 Å². The van der Waals surface area contributed by atoms with E-state index in [4.69, 9.17) is 5.73 Å². The maximum atomic E-state index is 11.4. The van der Waals surface area contributed by atoms with Gasteiger partial charge in [-0.25, -0.2) is 0 Å². The van der Waals surface area contributed by atoms with Gasteiger partial charge in [0.15, 0.2) is 0 Å². The molecule has 0 radical (unpaired) electrons. The van der Waals surface area contributed by atoms with Crippen LogP contribution in [0.25, 0.3) is 0 Å². The van der Waals surface area contributed by atoms with Crippen LogP contribution in [0.15, 0.2) is 0 Å². The second-order valence-corrected chi connectivity index (χ2v) is 4.21. The van der Waals surface area contributed by atoms with Gasteiger partial charge in [-0.2, -0.15) is 0 Å². The summed E-state index contributed by atoms with van der Waals surface area (Å²) in [5.41, 5.74) is 5.41. The summed E-state index contributed by atoms with van der Waals surface area (Å²) in [6, 6.07) is 0.271. The summed E-state index contributed by atoms with van der Waals surface area (Å²) >= 11 is 0. The van der Waals surface area contributed by atoms with Gasteiger partial charge in [-0.1, -0.05) is 26.2 Å². The highest BCUT2D eigenvalue weighted by atomic mass is 16.1. The summed E-state index contributed by atoms with van der Waals surface area (Å²) in [6.45, 7) is 4.92. The predicted octanol–water partition coefficient (Wildman–Crippen LogP) is 2.20. The Morgan fingerprint density at radius 3 is 2.60 bits per heavy atom. The smallest absolute Gasteiger partial charge is 0.220 e. The molecule has 0 aromatic rings. The lowest BCUT2D eigenvalue weighted by Crippen LogP contribution is -2.32. The Balaban J connectivity index is 3.38. The van der Waals surface area contributed by atoms with Gasteiger partial charge in [0.05, 0.1) is 0 Å². The summed E-state index contributed by atoms with van der Waals surface area (Å²) in [5, 5.41) is 3.00. The summed E-state index contributed by atoms with van der Waals surface area (Å²) in [6.07, 6.45) is 7.27. The largest absolute Gasteiger partial charge is 0.354 e. The third kappa shape index (κ3) is 9.73. The first-order valence-electron chi connectivity index (χ1n) is 6.20. The Morgan fingerprint density at radius 2 is 2.00 bits per heavy atom. The Morgan fingerprint density at radius 1 is 1.27 bits per heavy atom. The number of carbonyl (C=O) groups is 1. The fourth-order valence-corrected chi connectivity index (χ4v) is 1.56. The lowest BCUT2D eigenvalue weighted by atomic mass is 10.1. The van der Waals surface area contributed by atoms with Crippen molar-refractivity contribution in [2.24, 2.45) is 5.73 Å². The number of rotatable bonds is 9. The standard InChI is InChI=1S/C12H26N2O/c1-3-4-5-6-9-12(15)14-11(2)8-7-10-13/h11H,3-10,13H2,1-2H3,(H,14,15). The maximum absolute atomic E-state index is 11.4. The van der Waals surface area contributed by atoms with Crippen LogP contribution in [0, 0.1) is 0 Å². The molecule has 0 aliphatic rings. The zero-order chi connectivity index (χ0) is 11.5. The van der Waals surface area contributed by atoms with E-state index < -0.39 is 0 Å². The molecule has 0 saturated carbocycles. The maximum Gasteiger partial charge on any atom is 0.220 e. The molecule has 0 rings (SSSR count). The fourth-order valence-electron chi connectivity index (χ4n) is 1.56. The molecule has 0 aromatic carbocycles. The molecule has 0 fully saturated rings. The van der Waals surface area contributed by atoms with Gasteiger partial charge in [0.2, 0.25) is 5.91 Å². The van der Waals surface area contributed by atoms with Crippen molar-refractivity contribution in [3.8, 4) is 0 Å². The molecule has 0 spiro atoms. The second kappa shape index (κ2) is 9.97. The summed E-state index contributed by atoms with van der Waals surface area (Å²) in [7, 11) is 0. The summed E-state index contributed by atoms with van der Waals surface area (Å²) in [4.78, 5) is 11.4. The molecule has 0 heterocycles. The number of hydrogen-bond donors (Lipinski definition) is 2. The first kappa shape index (κ1) is 14.4. The van der Waals surface area contributed by atoms with Gasteiger partial charge in [-0.15, -0.1) is 0 Å². The SMILES string of the molecule is CCCCCCC(=O)NC(C)CCCN. The lowest BCUT2D eigenvalue weighted by Gasteiger charge is -2.13. The van der Waals surface area contributed by atoms with E-state index in [-0.39, 0.29) is 11.9 Å². The highest BCUT2D eigenvalue weighted by Gasteiger charge is 2.05. The van der Waals surface area contributed by atoms with Crippen LogP contribution < -0.4 is 11.1 Å². The molecule has 1 atom stereocenters. The monoisotopic (exact) mass is 214 g/mol. The van der Waals surface area contributed by atoms with Crippen molar-refractivity contribution in [1.29, 1.82) is 0 Å². The van der Waals surface area contributed by atoms with Gasteiger partial charge in [0, 0.05) is 12.5 Å². The molecule has 3 nitrogen and oxygen atoms in total. The van der Waals surface area contributed by atoms with E-state index in [1.165, 1.54) is 19.3 Å². The van der Waals surface area contributed by atoms with Crippen molar-refractivity contribution < 1.29 is 4.79 Å². The molecule has 0 aliphatic heterocycles.